The SMILES string of the molecule is Cc1cc2c(Sc3nnc(COc4ccc(Cl)cc4)n3C)ncnc2s1. The first-order valence-electron chi connectivity index (χ1n) is 7.76. The summed E-state index contributed by atoms with van der Waals surface area (Å²) in [5.41, 5.74) is 0. The number of aryl methyl sites for hydroxylation is 1. The van der Waals surface area contributed by atoms with Crippen LogP contribution in [-0.4, -0.2) is 24.7 Å². The molecule has 0 aliphatic heterocycles. The van der Waals surface area contributed by atoms with Crippen LogP contribution in [0, 0.1) is 6.92 Å². The van der Waals surface area contributed by atoms with Crippen LogP contribution in [0.15, 0.2) is 46.8 Å². The first-order chi connectivity index (χ1) is 12.6. The van der Waals surface area contributed by atoms with E-state index in [0.29, 0.717) is 11.6 Å². The smallest absolute Gasteiger partial charge is 0.197 e. The van der Waals surface area contributed by atoms with E-state index >= 15 is 0 Å². The van der Waals surface area contributed by atoms with E-state index in [9.17, 15) is 0 Å². The molecule has 26 heavy (non-hydrogen) atoms. The zero-order chi connectivity index (χ0) is 18.1. The molecule has 0 spiro atoms. The predicted molar refractivity (Wildman–Crippen MR) is 103 cm³/mol. The molecule has 0 saturated heterocycles. The summed E-state index contributed by atoms with van der Waals surface area (Å²) in [4.78, 5) is 10.9. The molecule has 3 heterocycles. The van der Waals surface area contributed by atoms with Crippen molar-refractivity contribution < 1.29 is 4.74 Å². The molecule has 0 aliphatic rings. The Hall–Kier alpha value is -2.16. The molecule has 0 amide bonds. The molecular weight excluding hydrogens is 390 g/mol. The minimum Gasteiger partial charge on any atom is -0.486 e. The van der Waals surface area contributed by atoms with Crippen LogP contribution >= 0.6 is 34.7 Å². The number of ether oxygens (including phenoxy) is 1. The zero-order valence-electron chi connectivity index (χ0n) is 14.0. The third-order valence-corrected chi connectivity index (χ3v) is 5.98. The Morgan fingerprint density at radius 2 is 2.00 bits per heavy atom. The van der Waals surface area contributed by atoms with Crippen LogP contribution in [0.3, 0.4) is 0 Å². The van der Waals surface area contributed by atoms with Gasteiger partial charge in [-0.15, -0.1) is 21.5 Å². The number of rotatable bonds is 5. The van der Waals surface area contributed by atoms with Crippen molar-refractivity contribution in [3.8, 4) is 5.75 Å². The molecule has 132 valence electrons. The Bertz CT molecular complexity index is 1060. The molecule has 3 aromatic heterocycles. The van der Waals surface area contributed by atoms with Crippen LogP contribution < -0.4 is 4.74 Å². The van der Waals surface area contributed by atoms with Gasteiger partial charge in [0.2, 0.25) is 0 Å². The maximum absolute atomic E-state index is 5.88. The predicted octanol–water partition coefficient (Wildman–Crippen LogP) is 4.51. The van der Waals surface area contributed by atoms with Gasteiger partial charge in [0.05, 0.1) is 0 Å². The molecule has 0 bridgehead atoms. The van der Waals surface area contributed by atoms with Gasteiger partial charge >= 0.3 is 0 Å². The van der Waals surface area contributed by atoms with Crippen molar-refractivity contribution >= 4 is 44.9 Å². The number of thiophene rings is 1. The van der Waals surface area contributed by atoms with E-state index in [0.717, 1.165) is 32.0 Å². The molecule has 4 aromatic rings. The van der Waals surface area contributed by atoms with E-state index in [1.54, 1.807) is 29.8 Å². The summed E-state index contributed by atoms with van der Waals surface area (Å²) in [5, 5.41) is 11.8. The molecule has 0 saturated carbocycles. The number of aromatic nitrogens is 5. The van der Waals surface area contributed by atoms with Crippen LogP contribution in [-0.2, 0) is 13.7 Å². The highest BCUT2D eigenvalue weighted by Crippen LogP contribution is 2.33. The third kappa shape index (κ3) is 3.53. The molecule has 9 heteroatoms. The van der Waals surface area contributed by atoms with Gasteiger partial charge in [-0.3, -0.25) is 0 Å². The first kappa shape index (κ1) is 17.3. The highest BCUT2D eigenvalue weighted by molar-refractivity contribution is 7.99. The van der Waals surface area contributed by atoms with Gasteiger partial charge in [-0.1, -0.05) is 11.6 Å². The second kappa shape index (κ2) is 7.22. The maximum Gasteiger partial charge on any atom is 0.197 e. The fraction of sp³-hybridized carbons (Fsp3) is 0.176. The normalized spacial score (nSPS) is 11.2. The quantitative estimate of drug-likeness (QED) is 0.457. The van der Waals surface area contributed by atoms with Gasteiger partial charge in [0.15, 0.2) is 11.0 Å². The average Bonchev–Trinajstić information content (AvgIpc) is 3.18. The van der Waals surface area contributed by atoms with Crippen LogP contribution in [0.2, 0.25) is 5.02 Å². The summed E-state index contributed by atoms with van der Waals surface area (Å²) in [6.07, 6.45) is 1.58. The highest BCUT2D eigenvalue weighted by atomic mass is 35.5. The van der Waals surface area contributed by atoms with E-state index in [1.807, 2.05) is 23.7 Å². The fourth-order valence-electron chi connectivity index (χ4n) is 2.36. The van der Waals surface area contributed by atoms with Gasteiger partial charge < -0.3 is 9.30 Å². The van der Waals surface area contributed by atoms with Gasteiger partial charge in [-0.05, 0) is 49.0 Å². The number of benzene rings is 1. The standard InChI is InChI=1S/C17H14ClN5OS2/c1-10-7-13-15(25-10)19-9-20-16(13)26-17-22-21-14(23(17)2)8-24-12-5-3-11(18)4-6-12/h3-7,9H,8H2,1-2H3. The zero-order valence-corrected chi connectivity index (χ0v) is 16.4. The van der Waals surface area contributed by atoms with Crippen molar-refractivity contribution in [2.75, 3.05) is 0 Å². The highest BCUT2D eigenvalue weighted by Gasteiger charge is 2.14. The van der Waals surface area contributed by atoms with Crippen LogP contribution in [0.4, 0.5) is 0 Å². The van der Waals surface area contributed by atoms with Crippen LogP contribution in [0.5, 0.6) is 5.75 Å². The van der Waals surface area contributed by atoms with E-state index in [4.69, 9.17) is 16.3 Å². The molecule has 0 N–H and O–H groups in total. The van der Waals surface area contributed by atoms with Gasteiger partial charge in [-0.2, -0.15) is 0 Å². The van der Waals surface area contributed by atoms with Crippen molar-refractivity contribution in [2.45, 2.75) is 23.7 Å². The van der Waals surface area contributed by atoms with Crippen molar-refractivity contribution in [1.82, 2.24) is 24.7 Å². The summed E-state index contributed by atoms with van der Waals surface area (Å²) >= 11 is 9.01. The minimum atomic E-state index is 0.322. The van der Waals surface area contributed by atoms with Gasteiger partial charge in [0.25, 0.3) is 0 Å². The topological polar surface area (TPSA) is 65.7 Å². The molecular formula is C17H14ClN5OS2. The lowest BCUT2D eigenvalue weighted by Gasteiger charge is -2.06. The lowest BCUT2D eigenvalue weighted by molar-refractivity contribution is 0.290. The number of nitrogens with zero attached hydrogens (tertiary/aromatic N) is 5. The summed E-state index contributed by atoms with van der Waals surface area (Å²) in [7, 11) is 1.92. The molecule has 0 radical (unpaired) electrons. The Morgan fingerprint density at radius 3 is 2.81 bits per heavy atom. The Kier molecular flexibility index (Phi) is 4.80. The van der Waals surface area contributed by atoms with E-state index < -0.39 is 0 Å². The molecule has 4 rings (SSSR count). The van der Waals surface area contributed by atoms with Crippen molar-refractivity contribution in [2.24, 2.45) is 7.05 Å². The summed E-state index contributed by atoms with van der Waals surface area (Å²) < 4.78 is 7.66. The molecule has 0 fully saturated rings. The average molecular weight is 404 g/mol. The van der Waals surface area contributed by atoms with Crippen molar-refractivity contribution in [3.05, 3.63) is 52.4 Å². The van der Waals surface area contributed by atoms with Crippen molar-refractivity contribution in [1.29, 1.82) is 0 Å². The van der Waals surface area contributed by atoms with Gasteiger partial charge in [-0.25, -0.2) is 9.97 Å². The minimum absolute atomic E-state index is 0.322. The number of hydrogen-bond donors (Lipinski definition) is 0. The Morgan fingerprint density at radius 1 is 1.19 bits per heavy atom. The van der Waals surface area contributed by atoms with E-state index in [-0.39, 0.29) is 0 Å². The molecule has 6 nitrogen and oxygen atoms in total. The number of fused-ring (bicyclic) bond motifs is 1. The number of halogens is 1. The third-order valence-electron chi connectivity index (χ3n) is 3.71. The second-order valence-electron chi connectivity index (χ2n) is 5.56. The maximum atomic E-state index is 5.88. The van der Waals surface area contributed by atoms with Crippen molar-refractivity contribution in [3.63, 3.8) is 0 Å². The first-order valence-corrected chi connectivity index (χ1v) is 9.77. The summed E-state index contributed by atoms with van der Waals surface area (Å²) in [5.74, 6) is 1.46. The fourth-order valence-corrected chi connectivity index (χ4v) is 4.26. The summed E-state index contributed by atoms with van der Waals surface area (Å²) in [6.45, 7) is 2.39. The van der Waals surface area contributed by atoms with E-state index in [2.05, 4.69) is 33.2 Å². The monoisotopic (exact) mass is 403 g/mol. The lowest BCUT2D eigenvalue weighted by atomic mass is 10.3. The van der Waals surface area contributed by atoms with E-state index in [1.165, 1.54) is 16.6 Å². The molecule has 1 aromatic carbocycles. The lowest BCUT2D eigenvalue weighted by Crippen LogP contribution is -2.04. The van der Waals surface area contributed by atoms with Gasteiger partial charge in [0, 0.05) is 22.3 Å². The largest absolute Gasteiger partial charge is 0.486 e. The van der Waals surface area contributed by atoms with Crippen LogP contribution in [0.25, 0.3) is 10.2 Å². The molecule has 0 aliphatic carbocycles. The summed E-state index contributed by atoms with van der Waals surface area (Å²) in [6, 6.07) is 9.33. The van der Waals surface area contributed by atoms with Crippen LogP contribution in [0.1, 0.15) is 10.7 Å². The molecule has 0 atom stereocenters. The molecule has 0 unspecified atom stereocenters. The Balaban J connectivity index is 1.52. The second-order valence-corrected chi connectivity index (χ2v) is 8.18. The number of hydrogen-bond acceptors (Lipinski definition) is 7. The Labute approximate surface area is 163 Å². The van der Waals surface area contributed by atoms with Gasteiger partial charge in [0.1, 0.15) is 28.5 Å².